The van der Waals surface area contributed by atoms with Gasteiger partial charge in [-0.2, -0.15) is 0 Å². The van der Waals surface area contributed by atoms with Gasteiger partial charge in [0.1, 0.15) is 5.82 Å². The van der Waals surface area contributed by atoms with Gasteiger partial charge in [0.25, 0.3) is 5.91 Å². The third-order valence-corrected chi connectivity index (χ3v) is 3.98. The highest BCUT2D eigenvalue weighted by Crippen LogP contribution is 2.24. The molecule has 98 valence electrons. The first-order valence-corrected chi connectivity index (χ1v) is 6.82. The van der Waals surface area contributed by atoms with Crippen LogP contribution in [0.2, 0.25) is 0 Å². The van der Waals surface area contributed by atoms with E-state index in [9.17, 15) is 9.18 Å². The number of thiol groups is 1. The Balaban J connectivity index is 2.04. The molecule has 1 aromatic rings. The van der Waals surface area contributed by atoms with Crippen LogP contribution in [0.25, 0.3) is 0 Å². The van der Waals surface area contributed by atoms with Crippen LogP contribution in [-0.4, -0.2) is 11.9 Å². The molecule has 1 amide bonds. The fourth-order valence-corrected chi connectivity index (χ4v) is 2.65. The predicted octanol–water partition coefficient (Wildman–Crippen LogP) is 3.42. The molecule has 0 spiro atoms. The van der Waals surface area contributed by atoms with Crippen molar-refractivity contribution in [2.45, 2.75) is 43.5 Å². The van der Waals surface area contributed by atoms with Crippen LogP contribution < -0.4 is 5.32 Å². The molecule has 1 aliphatic rings. The summed E-state index contributed by atoms with van der Waals surface area (Å²) in [6, 6.07) is 4.49. The van der Waals surface area contributed by atoms with Gasteiger partial charge in [-0.25, -0.2) is 4.39 Å². The van der Waals surface area contributed by atoms with E-state index in [0.717, 1.165) is 19.3 Å². The third kappa shape index (κ3) is 3.05. The predicted molar refractivity (Wildman–Crippen MR) is 72.5 cm³/mol. The zero-order chi connectivity index (χ0) is 13.1. The Labute approximate surface area is 112 Å². The molecular formula is C14H18FNOS. The van der Waals surface area contributed by atoms with E-state index < -0.39 is 5.82 Å². The summed E-state index contributed by atoms with van der Waals surface area (Å²) < 4.78 is 13.1. The second-order valence-corrected chi connectivity index (χ2v) is 5.49. The summed E-state index contributed by atoms with van der Waals surface area (Å²) in [5.74, 6) is -0.0245. The number of rotatable bonds is 2. The van der Waals surface area contributed by atoms with E-state index in [0.29, 0.717) is 11.5 Å². The number of halogens is 1. The van der Waals surface area contributed by atoms with Gasteiger partial charge >= 0.3 is 0 Å². The summed E-state index contributed by atoms with van der Waals surface area (Å²) >= 11 is 3.99. The fraction of sp³-hybridized carbons (Fsp3) is 0.500. The minimum Gasteiger partial charge on any atom is -0.349 e. The fourth-order valence-electron chi connectivity index (χ4n) is 2.44. The summed E-state index contributed by atoms with van der Waals surface area (Å²) in [6.45, 7) is 2.17. The zero-order valence-corrected chi connectivity index (χ0v) is 11.3. The first kappa shape index (κ1) is 13.4. The van der Waals surface area contributed by atoms with Gasteiger partial charge in [-0.1, -0.05) is 19.8 Å². The van der Waals surface area contributed by atoms with Gasteiger partial charge < -0.3 is 5.32 Å². The molecule has 0 bridgehead atoms. The van der Waals surface area contributed by atoms with Crippen molar-refractivity contribution in [2.24, 2.45) is 5.92 Å². The molecule has 4 heteroatoms. The maximum absolute atomic E-state index is 13.1. The van der Waals surface area contributed by atoms with Crippen LogP contribution in [0, 0.1) is 11.7 Å². The molecule has 1 aliphatic carbocycles. The largest absolute Gasteiger partial charge is 0.349 e. The molecule has 1 N–H and O–H groups in total. The highest BCUT2D eigenvalue weighted by atomic mass is 32.1. The SMILES string of the molecule is CC1CCCCC1NC(=O)c1ccc(F)c(S)c1. The lowest BCUT2D eigenvalue weighted by atomic mass is 9.86. The first-order chi connectivity index (χ1) is 8.58. The lowest BCUT2D eigenvalue weighted by Gasteiger charge is -2.29. The molecule has 18 heavy (non-hydrogen) atoms. The van der Waals surface area contributed by atoms with Gasteiger partial charge in [0.15, 0.2) is 0 Å². The molecule has 0 aliphatic heterocycles. The van der Waals surface area contributed by atoms with Crippen molar-refractivity contribution in [3.63, 3.8) is 0 Å². The van der Waals surface area contributed by atoms with Crippen LogP contribution in [0.15, 0.2) is 23.1 Å². The number of benzene rings is 1. The van der Waals surface area contributed by atoms with Gasteiger partial charge in [-0.3, -0.25) is 4.79 Å². The van der Waals surface area contributed by atoms with Crippen LogP contribution >= 0.6 is 12.6 Å². The van der Waals surface area contributed by atoms with E-state index >= 15 is 0 Å². The Hall–Kier alpha value is -1.03. The quantitative estimate of drug-likeness (QED) is 0.790. The zero-order valence-electron chi connectivity index (χ0n) is 10.4. The number of carbonyl (C=O) groups is 1. The Bertz CT molecular complexity index is 449. The average Bonchev–Trinajstić information content (AvgIpc) is 2.35. The normalized spacial score (nSPS) is 23.7. The smallest absolute Gasteiger partial charge is 0.251 e. The van der Waals surface area contributed by atoms with Crippen LogP contribution in [0.3, 0.4) is 0 Å². The van der Waals surface area contributed by atoms with E-state index in [1.807, 2.05) is 0 Å². The third-order valence-electron chi connectivity index (χ3n) is 3.64. The van der Waals surface area contributed by atoms with E-state index in [1.54, 1.807) is 0 Å². The topological polar surface area (TPSA) is 29.1 Å². The molecule has 0 saturated heterocycles. The standard InChI is InChI=1S/C14H18FNOS/c1-9-4-2-3-5-12(9)16-14(17)10-6-7-11(15)13(18)8-10/h6-9,12,18H,2-5H2,1H3,(H,16,17). The van der Waals surface area contributed by atoms with Crippen LogP contribution in [-0.2, 0) is 0 Å². The first-order valence-electron chi connectivity index (χ1n) is 6.37. The van der Waals surface area contributed by atoms with E-state index in [-0.39, 0.29) is 16.8 Å². The van der Waals surface area contributed by atoms with Crippen LogP contribution in [0.1, 0.15) is 43.0 Å². The molecule has 0 aromatic heterocycles. The Morgan fingerprint density at radius 1 is 1.39 bits per heavy atom. The molecule has 2 rings (SSSR count). The summed E-state index contributed by atoms with van der Waals surface area (Å²) in [5.41, 5.74) is 0.471. The molecule has 1 fully saturated rings. The number of hydrogen-bond acceptors (Lipinski definition) is 2. The molecular weight excluding hydrogens is 249 g/mol. The highest BCUT2D eigenvalue weighted by molar-refractivity contribution is 7.80. The maximum Gasteiger partial charge on any atom is 0.251 e. The maximum atomic E-state index is 13.1. The molecule has 2 atom stereocenters. The minimum atomic E-state index is -0.402. The van der Waals surface area contributed by atoms with Crippen LogP contribution in [0.5, 0.6) is 0 Å². The van der Waals surface area contributed by atoms with E-state index in [2.05, 4.69) is 24.9 Å². The lowest BCUT2D eigenvalue weighted by molar-refractivity contribution is 0.0910. The summed E-state index contributed by atoms with van der Waals surface area (Å²) in [7, 11) is 0. The Morgan fingerprint density at radius 3 is 2.78 bits per heavy atom. The average molecular weight is 267 g/mol. The van der Waals surface area contributed by atoms with E-state index in [4.69, 9.17) is 0 Å². The molecule has 1 aromatic carbocycles. The van der Waals surface area contributed by atoms with Gasteiger partial charge in [0.05, 0.1) is 0 Å². The highest BCUT2D eigenvalue weighted by Gasteiger charge is 2.23. The minimum absolute atomic E-state index is 0.135. The summed E-state index contributed by atoms with van der Waals surface area (Å²) in [5, 5.41) is 3.04. The van der Waals surface area contributed by atoms with Crippen LogP contribution in [0.4, 0.5) is 4.39 Å². The number of carbonyl (C=O) groups excluding carboxylic acids is 1. The summed E-state index contributed by atoms with van der Waals surface area (Å²) in [4.78, 5) is 12.3. The van der Waals surface area contributed by atoms with Crippen molar-refractivity contribution >= 4 is 18.5 Å². The number of amides is 1. The van der Waals surface area contributed by atoms with E-state index in [1.165, 1.54) is 24.6 Å². The Kier molecular flexibility index (Phi) is 4.27. The van der Waals surface area contributed by atoms with Gasteiger partial charge in [0, 0.05) is 16.5 Å². The molecule has 2 nitrogen and oxygen atoms in total. The van der Waals surface area contributed by atoms with Gasteiger partial charge in [-0.15, -0.1) is 12.6 Å². The Morgan fingerprint density at radius 2 is 2.11 bits per heavy atom. The lowest BCUT2D eigenvalue weighted by Crippen LogP contribution is -2.41. The van der Waals surface area contributed by atoms with Crippen molar-refractivity contribution in [3.05, 3.63) is 29.6 Å². The van der Waals surface area contributed by atoms with Gasteiger partial charge in [-0.05, 0) is 37.0 Å². The second-order valence-electron chi connectivity index (χ2n) is 5.01. The van der Waals surface area contributed by atoms with Crippen molar-refractivity contribution in [1.29, 1.82) is 0 Å². The molecule has 2 unspecified atom stereocenters. The number of nitrogens with one attached hydrogen (secondary N) is 1. The van der Waals surface area contributed by atoms with Crippen molar-refractivity contribution in [1.82, 2.24) is 5.32 Å². The van der Waals surface area contributed by atoms with Crippen molar-refractivity contribution in [2.75, 3.05) is 0 Å². The molecule has 0 heterocycles. The van der Waals surface area contributed by atoms with Gasteiger partial charge in [0.2, 0.25) is 0 Å². The summed E-state index contributed by atoms with van der Waals surface area (Å²) in [6.07, 6.45) is 4.59. The van der Waals surface area contributed by atoms with Crippen molar-refractivity contribution in [3.8, 4) is 0 Å². The monoisotopic (exact) mass is 267 g/mol. The second kappa shape index (κ2) is 5.74. The number of hydrogen-bond donors (Lipinski definition) is 2. The van der Waals surface area contributed by atoms with Crippen molar-refractivity contribution < 1.29 is 9.18 Å². The molecule has 1 saturated carbocycles. The molecule has 0 radical (unpaired) electrons.